The molecule has 0 aromatic carbocycles. The van der Waals surface area contributed by atoms with Crippen LogP contribution >= 0.6 is 0 Å². The molecule has 0 fully saturated rings. The van der Waals surface area contributed by atoms with E-state index in [0.29, 0.717) is 5.78 Å². The van der Waals surface area contributed by atoms with E-state index in [4.69, 9.17) is 25.5 Å². The number of hydrogen-bond donors (Lipinski definition) is 5. The Morgan fingerprint density at radius 1 is 1.10 bits per heavy atom. The summed E-state index contributed by atoms with van der Waals surface area (Å²) in [4.78, 5) is 20.2. The Morgan fingerprint density at radius 2 is 1.65 bits per heavy atom. The highest BCUT2D eigenvalue weighted by Gasteiger charge is 2.29. The van der Waals surface area contributed by atoms with E-state index in [-0.39, 0.29) is 6.29 Å². The van der Waals surface area contributed by atoms with E-state index in [2.05, 4.69) is 6.92 Å². The van der Waals surface area contributed by atoms with Crippen LogP contribution in [0.1, 0.15) is 39.5 Å². The Morgan fingerprint density at radius 3 is 2.00 bits per heavy atom. The fourth-order valence-electron chi connectivity index (χ4n) is 1.24. The number of carbonyl (C=O) groups is 2. The average Bonchev–Trinajstić information content (AvgIpc) is 2.44. The first-order chi connectivity index (χ1) is 9.31. The van der Waals surface area contributed by atoms with Gasteiger partial charge in [-0.3, -0.25) is 0 Å². The third-order valence-corrected chi connectivity index (χ3v) is 2.55. The Labute approximate surface area is 118 Å². The van der Waals surface area contributed by atoms with Gasteiger partial charge in [-0.1, -0.05) is 19.8 Å². The monoisotopic (exact) mass is 294 g/mol. The lowest BCUT2D eigenvalue weighted by Crippen LogP contribution is -2.46. The van der Waals surface area contributed by atoms with Crippen molar-refractivity contribution in [1.29, 1.82) is 0 Å². The molecule has 0 aliphatic carbocycles. The topological polar surface area (TPSA) is 135 Å². The summed E-state index contributed by atoms with van der Waals surface area (Å²) >= 11 is 0. The molecule has 0 unspecified atom stereocenters. The van der Waals surface area contributed by atoms with Crippen molar-refractivity contribution in [3.05, 3.63) is 0 Å². The van der Waals surface area contributed by atoms with E-state index in [9.17, 15) is 9.59 Å². The molecule has 0 radical (unpaired) electrons. The SMILES string of the molecule is CCCCCC(C)=O.O=C[C@H](O)[C@@H](O)[C@H](O)[C@H](O)CO. The number of ketones is 1. The van der Waals surface area contributed by atoms with Gasteiger partial charge >= 0.3 is 0 Å². The van der Waals surface area contributed by atoms with Crippen molar-refractivity contribution >= 4 is 12.1 Å². The summed E-state index contributed by atoms with van der Waals surface area (Å²) in [6, 6.07) is 0. The molecule has 0 aliphatic rings. The number of rotatable bonds is 9. The number of carbonyl (C=O) groups excluding carboxylic acids is 2. The van der Waals surface area contributed by atoms with E-state index < -0.39 is 31.0 Å². The standard InChI is InChI=1S/C7H14O.C6H12O6/c1-3-4-5-6-7(2)8;7-1-3(9)5(11)6(12)4(10)2-8/h3-6H2,1-2H3;1,3-6,8-12H,2H2/t;3-,4+,5+,6+/m.0/s1. The van der Waals surface area contributed by atoms with Crippen LogP contribution in [-0.2, 0) is 9.59 Å². The lowest BCUT2D eigenvalue weighted by Gasteiger charge is -2.22. The van der Waals surface area contributed by atoms with Gasteiger partial charge in [0.15, 0.2) is 6.29 Å². The minimum absolute atomic E-state index is 0.0258. The predicted octanol–water partition coefficient (Wildman–Crippen LogP) is -1.22. The van der Waals surface area contributed by atoms with Crippen LogP contribution in [0.2, 0.25) is 0 Å². The van der Waals surface area contributed by atoms with Gasteiger partial charge in [0.1, 0.15) is 30.2 Å². The van der Waals surface area contributed by atoms with Gasteiger partial charge in [0, 0.05) is 6.42 Å². The largest absolute Gasteiger partial charge is 0.394 e. The van der Waals surface area contributed by atoms with Gasteiger partial charge in [0.2, 0.25) is 0 Å². The van der Waals surface area contributed by atoms with Crippen LogP contribution in [0.3, 0.4) is 0 Å². The number of unbranched alkanes of at least 4 members (excludes halogenated alkanes) is 2. The molecule has 20 heavy (non-hydrogen) atoms. The smallest absolute Gasteiger partial charge is 0.151 e. The lowest BCUT2D eigenvalue weighted by atomic mass is 10.0. The van der Waals surface area contributed by atoms with Crippen molar-refractivity contribution in [3.8, 4) is 0 Å². The number of aldehydes is 1. The first kappa shape index (κ1) is 21.4. The fraction of sp³-hybridized carbons (Fsp3) is 0.846. The molecule has 0 aliphatic heterocycles. The zero-order valence-corrected chi connectivity index (χ0v) is 12.0. The third-order valence-electron chi connectivity index (χ3n) is 2.55. The first-order valence-corrected chi connectivity index (χ1v) is 6.59. The second kappa shape index (κ2) is 13.1. The highest BCUT2D eigenvalue weighted by Crippen LogP contribution is 2.03. The van der Waals surface area contributed by atoms with Crippen LogP contribution in [0, 0.1) is 0 Å². The summed E-state index contributed by atoms with van der Waals surface area (Å²) in [6.45, 7) is 3.03. The highest BCUT2D eigenvalue weighted by molar-refractivity contribution is 5.75. The number of aliphatic hydroxyl groups excluding tert-OH is 5. The maximum atomic E-state index is 10.3. The van der Waals surface area contributed by atoms with E-state index in [1.807, 2.05) is 0 Å². The minimum Gasteiger partial charge on any atom is -0.394 e. The van der Waals surface area contributed by atoms with E-state index in [1.165, 1.54) is 12.8 Å². The van der Waals surface area contributed by atoms with Crippen LogP contribution in [0.5, 0.6) is 0 Å². The van der Waals surface area contributed by atoms with Crippen LogP contribution < -0.4 is 0 Å². The molecule has 0 heterocycles. The highest BCUT2D eigenvalue weighted by atomic mass is 16.4. The summed E-state index contributed by atoms with van der Waals surface area (Å²) in [7, 11) is 0. The predicted molar refractivity (Wildman–Crippen MR) is 72.0 cm³/mol. The Kier molecular flexibility index (Phi) is 14.1. The minimum atomic E-state index is -1.79. The van der Waals surface area contributed by atoms with Crippen molar-refractivity contribution in [3.63, 3.8) is 0 Å². The van der Waals surface area contributed by atoms with E-state index >= 15 is 0 Å². The molecule has 120 valence electrons. The van der Waals surface area contributed by atoms with Gasteiger partial charge in [-0.15, -0.1) is 0 Å². The van der Waals surface area contributed by atoms with Crippen LogP contribution in [-0.4, -0.2) is 68.6 Å². The van der Waals surface area contributed by atoms with Crippen molar-refractivity contribution in [2.24, 2.45) is 0 Å². The molecule has 4 atom stereocenters. The molecular formula is C13H26O7. The molecule has 0 amide bonds. The van der Waals surface area contributed by atoms with Crippen molar-refractivity contribution in [1.82, 2.24) is 0 Å². The Bertz CT molecular complexity index is 257. The van der Waals surface area contributed by atoms with Gasteiger partial charge in [-0.2, -0.15) is 0 Å². The van der Waals surface area contributed by atoms with Crippen LogP contribution in [0.25, 0.3) is 0 Å². The lowest BCUT2D eigenvalue weighted by molar-refractivity contribution is -0.136. The quantitative estimate of drug-likeness (QED) is 0.265. The Hall–Kier alpha value is -0.860. The number of Topliss-reactive ketones (excluding diaryl/α,β-unsaturated/α-hetero) is 1. The molecule has 7 nitrogen and oxygen atoms in total. The average molecular weight is 294 g/mol. The van der Waals surface area contributed by atoms with Crippen molar-refractivity contribution in [2.45, 2.75) is 63.9 Å². The van der Waals surface area contributed by atoms with Gasteiger partial charge in [-0.25, -0.2) is 0 Å². The molecule has 0 rings (SSSR count). The second-order valence-corrected chi connectivity index (χ2v) is 4.52. The number of aliphatic hydroxyl groups is 5. The molecule has 0 saturated heterocycles. The van der Waals surface area contributed by atoms with E-state index in [1.54, 1.807) is 6.92 Å². The van der Waals surface area contributed by atoms with E-state index in [0.717, 1.165) is 12.8 Å². The molecule has 7 heteroatoms. The fourth-order valence-corrected chi connectivity index (χ4v) is 1.24. The maximum absolute atomic E-state index is 10.3. The summed E-state index contributed by atoms with van der Waals surface area (Å²) in [5.41, 5.74) is 0. The third kappa shape index (κ3) is 11.0. The Balaban J connectivity index is 0. The van der Waals surface area contributed by atoms with Crippen molar-refractivity contribution < 1.29 is 35.1 Å². The second-order valence-electron chi connectivity index (χ2n) is 4.52. The summed E-state index contributed by atoms with van der Waals surface area (Å²) in [5.74, 6) is 0.318. The molecule has 0 bridgehead atoms. The van der Waals surface area contributed by atoms with Crippen molar-refractivity contribution in [2.75, 3.05) is 6.61 Å². The van der Waals surface area contributed by atoms with Gasteiger partial charge in [0.05, 0.1) is 6.61 Å². The number of hydrogen-bond acceptors (Lipinski definition) is 7. The first-order valence-electron chi connectivity index (χ1n) is 6.59. The molecule has 0 saturated carbocycles. The van der Waals surface area contributed by atoms with Crippen LogP contribution in [0.15, 0.2) is 0 Å². The van der Waals surface area contributed by atoms with Gasteiger partial charge < -0.3 is 35.1 Å². The normalized spacial score (nSPS) is 16.4. The molecule has 5 N–H and O–H groups in total. The molecule has 0 aromatic heterocycles. The summed E-state index contributed by atoms with van der Waals surface area (Å²) in [5, 5.41) is 43.5. The summed E-state index contributed by atoms with van der Waals surface area (Å²) in [6.07, 6.45) is -2.60. The van der Waals surface area contributed by atoms with Crippen LogP contribution in [0.4, 0.5) is 0 Å². The molecule has 0 aromatic rings. The molecular weight excluding hydrogens is 268 g/mol. The zero-order valence-electron chi connectivity index (χ0n) is 12.0. The van der Waals surface area contributed by atoms with Gasteiger partial charge in [0.25, 0.3) is 0 Å². The summed E-state index contributed by atoms with van der Waals surface area (Å²) < 4.78 is 0. The maximum Gasteiger partial charge on any atom is 0.151 e. The molecule has 0 spiro atoms. The van der Waals surface area contributed by atoms with Gasteiger partial charge in [-0.05, 0) is 13.3 Å². The zero-order chi connectivity index (χ0) is 16.1.